The van der Waals surface area contributed by atoms with Crippen LogP contribution in [0.5, 0.6) is 11.5 Å². The van der Waals surface area contributed by atoms with Gasteiger partial charge in [0.2, 0.25) is 0 Å². The first-order valence-corrected chi connectivity index (χ1v) is 11.5. The van der Waals surface area contributed by atoms with Crippen molar-refractivity contribution in [3.05, 3.63) is 29.8 Å². The van der Waals surface area contributed by atoms with Crippen LogP contribution in [0.4, 0.5) is 4.79 Å². The van der Waals surface area contributed by atoms with Crippen LogP contribution in [-0.2, 0) is 9.57 Å². The Morgan fingerprint density at radius 3 is 2.58 bits per heavy atom. The van der Waals surface area contributed by atoms with Crippen molar-refractivity contribution in [2.45, 2.75) is 89.1 Å². The number of rotatable bonds is 6. The molecule has 0 atom stereocenters. The molecule has 1 amide bonds. The van der Waals surface area contributed by atoms with Crippen molar-refractivity contribution in [2.24, 2.45) is 0 Å². The molecule has 2 saturated carbocycles. The molecule has 3 aliphatic rings. The molecule has 1 aromatic rings. The summed E-state index contributed by atoms with van der Waals surface area (Å²) in [5, 5.41) is 2.97. The molecule has 0 aromatic heterocycles. The molecule has 1 spiro atoms. The van der Waals surface area contributed by atoms with Crippen molar-refractivity contribution < 1.29 is 23.8 Å². The third kappa shape index (κ3) is 5.26. The molecule has 2 fully saturated rings. The summed E-state index contributed by atoms with van der Waals surface area (Å²) in [7, 11) is 1.67. The fourth-order valence-electron chi connectivity index (χ4n) is 4.65. The fraction of sp³-hybridized carbons (Fsp3) is 0.625. The largest absolute Gasteiger partial charge is 0.493 e. The van der Waals surface area contributed by atoms with Crippen LogP contribution in [-0.4, -0.2) is 37.1 Å². The predicted molar refractivity (Wildman–Crippen MR) is 118 cm³/mol. The Kier molecular flexibility index (Phi) is 6.60. The zero-order valence-electron chi connectivity index (χ0n) is 18.7. The van der Waals surface area contributed by atoms with Gasteiger partial charge in [-0.15, -0.1) is 0 Å². The van der Waals surface area contributed by atoms with Crippen LogP contribution < -0.4 is 20.3 Å². The number of amides is 1. The quantitative estimate of drug-likeness (QED) is 0.681. The van der Waals surface area contributed by atoms with Gasteiger partial charge in [0.25, 0.3) is 0 Å². The highest BCUT2D eigenvalue weighted by Gasteiger charge is 2.40. The van der Waals surface area contributed by atoms with Gasteiger partial charge in [-0.2, -0.15) is 0 Å². The Morgan fingerprint density at radius 1 is 1.16 bits per heavy atom. The van der Waals surface area contributed by atoms with E-state index in [0.717, 1.165) is 61.3 Å². The lowest BCUT2D eigenvalue weighted by Crippen LogP contribution is -2.44. The maximum atomic E-state index is 11.9. The molecule has 1 heterocycles. The van der Waals surface area contributed by atoms with Gasteiger partial charge in [-0.25, -0.2) is 4.79 Å². The maximum Gasteiger partial charge on any atom is 0.407 e. The van der Waals surface area contributed by atoms with Crippen LogP contribution in [0.1, 0.15) is 70.8 Å². The molecule has 0 radical (unpaired) electrons. The fourth-order valence-corrected chi connectivity index (χ4v) is 4.65. The Labute approximate surface area is 184 Å². The van der Waals surface area contributed by atoms with Crippen LogP contribution in [0.15, 0.2) is 24.3 Å². The molecule has 31 heavy (non-hydrogen) atoms. The third-order valence-electron chi connectivity index (χ3n) is 6.34. The second-order valence-corrected chi connectivity index (χ2v) is 9.09. The number of carbonyl (C=O) groups is 1. The molecule has 2 N–H and O–H groups in total. The van der Waals surface area contributed by atoms with Gasteiger partial charge in [-0.05, 0) is 89.5 Å². The number of hydroxylamine groups is 1. The molecule has 4 rings (SSSR count). The lowest BCUT2D eigenvalue weighted by molar-refractivity contribution is -0.0598. The molecule has 2 aliphatic carbocycles. The summed E-state index contributed by atoms with van der Waals surface area (Å²) in [6.45, 7) is 3.70. The van der Waals surface area contributed by atoms with E-state index < -0.39 is 0 Å². The Hall–Kier alpha value is -2.41. The van der Waals surface area contributed by atoms with E-state index in [0.29, 0.717) is 0 Å². The number of carbonyl (C=O) groups excluding carboxylic acids is 1. The minimum Gasteiger partial charge on any atom is -0.493 e. The summed E-state index contributed by atoms with van der Waals surface area (Å²) in [5.74, 6) is 1.54. The topological polar surface area (TPSA) is 78.1 Å². The Morgan fingerprint density at radius 2 is 1.90 bits per heavy atom. The first-order valence-electron chi connectivity index (χ1n) is 11.5. The summed E-state index contributed by atoms with van der Waals surface area (Å²) in [6.07, 6.45) is 9.98. The minimum atomic E-state index is -0.345. The second-order valence-electron chi connectivity index (χ2n) is 9.09. The molecule has 1 aliphatic heterocycles. The van der Waals surface area contributed by atoms with Gasteiger partial charge in [0.1, 0.15) is 5.60 Å². The molecular weight excluding hydrogens is 396 g/mol. The molecule has 0 saturated heterocycles. The summed E-state index contributed by atoms with van der Waals surface area (Å²) in [4.78, 5) is 17.9. The SMILES string of the molecule is COc1ccc(C2=CC3(CCC(NC(=O)OC(C)C)CC3)ON2)cc1OC1CCCC1. The highest BCUT2D eigenvalue weighted by atomic mass is 16.7. The standard InChI is InChI=1S/C24H34N2O5/c1-16(2)29-23(27)25-18-10-12-24(13-11-18)15-20(26-31-24)17-8-9-21(28-3)22(14-17)30-19-6-4-5-7-19/h8-9,14-16,18-19,26H,4-7,10-13H2,1-3H3,(H,25,27). The van der Waals surface area contributed by atoms with Crippen molar-refractivity contribution >= 4 is 11.8 Å². The average molecular weight is 431 g/mol. The number of hydrogen-bond acceptors (Lipinski definition) is 6. The van der Waals surface area contributed by atoms with Gasteiger partial charge in [0, 0.05) is 11.6 Å². The second kappa shape index (κ2) is 9.39. The number of nitrogens with one attached hydrogen (secondary N) is 2. The van der Waals surface area contributed by atoms with Crippen LogP contribution in [0, 0.1) is 0 Å². The van der Waals surface area contributed by atoms with Gasteiger partial charge in [0.15, 0.2) is 11.5 Å². The summed E-state index contributed by atoms with van der Waals surface area (Å²) in [5.41, 5.74) is 4.75. The number of alkyl carbamates (subject to hydrolysis) is 1. The summed E-state index contributed by atoms with van der Waals surface area (Å²) < 4.78 is 16.9. The number of benzene rings is 1. The molecule has 0 bridgehead atoms. The first kappa shape index (κ1) is 21.8. The lowest BCUT2D eigenvalue weighted by atomic mass is 9.81. The zero-order chi connectivity index (χ0) is 21.8. The van der Waals surface area contributed by atoms with E-state index in [1.165, 1.54) is 12.8 Å². The van der Waals surface area contributed by atoms with Gasteiger partial charge >= 0.3 is 6.09 Å². The van der Waals surface area contributed by atoms with E-state index in [4.69, 9.17) is 19.0 Å². The summed E-state index contributed by atoms with van der Waals surface area (Å²) >= 11 is 0. The monoisotopic (exact) mass is 430 g/mol. The average Bonchev–Trinajstić information content (AvgIpc) is 3.40. The van der Waals surface area contributed by atoms with Gasteiger partial charge in [0.05, 0.1) is 25.0 Å². The highest BCUT2D eigenvalue weighted by Crippen LogP contribution is 2.40. The van der Waals surface area contributed by atoms with E-state index in [-0.39, 0.29) is 29.9 Å². The van der Waals surface area contributed by atoms with Crippen molar-refractivity contribution in [3.63, 3.8) is 0 Å². The lowest BCUT2D eigenvalue weighted by Gasteiger charge is -2.34. The van der Waals surface area contributed by atoms with Crippen LogP contribution >= 0.6 is 0 Å². The summed E-state index contributed by atoms with van der Waals surface area (Å²) in [6, 6.07) is 6.13. The zero-order valence-corrected chi connectivity index (χ0v) is 18.7. The smallest absolute Gasteiger partial charge is 0.407 e. The molecule has 7 nitrogen and oxygen atoms in total. The van der Waals surface area contributed by atoms with E-state index in [2.05, 4.69) is 16.9 Å². The van der Waals surface area contributed by atoms with Gasteiger partial charge in [-0.1, -0.05) is 0 Å². The number of ether oxygens (including phenoxy) is 3. The van der Waals surface area contributed by atoms with Gasteiger partial charge in [-0.3, -0.25) is 10.3 Å². The normalized spacial score (nSPS) is 25.9. The highest BCUT2D eigenvalue weighted by molar-refractivity contribution is 5.69. The van der Waals surface area contributed by atoms with Gasteiger partial charge < -0.3 is 19.5 Å². The molecule has 7 heteroatoms. The van der Waals surface area contributed by atoms with E-state index >= 15 is 0 Å². The molecule has 0 unspecified atom stereocenters. The molecular formula is C24H34N2O5. The van der Waals surface area contributed by atoms with Crippen molar-refractivity contribution in [1.82, 2.24) is 10.8 Å². The predicted octanol–water partition coefficient (Wildman–Crippen LogP) is 4.71. The molecule has 170 valence electrons. The third-order valence-corrected chi connectivity index (χ3v) is 6.34. The van der Waals surface area contributed by atoms with E-state index in [1.807, 2.05) is 32.0 Å². The van der Waals surface area contributed by atoms with Crippen LogP contribution in [0.25, 0.3) is 5.70 Å². The Bertz CT molecular complexity index is 808. The van der Waals surface area contributed by atoms with Crippen molar-refractivity contribution in [1.29, 1.82) is 0 Å². The van der Waals surface area contributed by atoms with E-state index in [9.17, 15) is 4.79 Å². The Balaban J connectivity index is 1.41. The van der Waals surface area contributed by atoms with Crippen LogP contribution in [0.3, 0.4) is 0 Å². The van der Waals surface area contributed by atoms with Crippen LogP contribution in [0.2, 0.25) is 0 Å². The van der Waals surface area contributed by atoms with E-state index in [1.54, 1.807) is 7.11 Å². The van der Waals surface area contributed by atoms with Crippen molar-refractivity contribution in [3.8, 4) is 11.5 Å². The van der Waals surface area contributed by atoms with Crippen molar-refractivity contribution in [2.75, 3.05) is 7.11 Å². The minimum absolute atomic E-state index is 0.116. The number of hydrogen-bond donors (Lipinski definition) is 2. The maximum absolute atomic E-state index is 11.9. The first-order chi connectivity index (χ1) is 15.0. The molecule has 1 aromatic carbocycles. The number of methoxy groups -OCH3 is 1.